The number of hydrogen-bond donors (Lipinski definition) is 3. The number of rotatable bonds is 17. The minimum Gasteiger partial charge on any atom is -0.497 e. The first-order valence-electron chi connectivity index (χ1n) is 14.5. The fourth-order valence-electron chi connectivity index (χ4n) is 4.01. The van der Waals surface area contributed by atoms with Crippen molar-refractivity contribution in [3.8, 4) is 11.5 Å². The Balaban J connectivity index is 1.63. The number of alkyl carbamates (subject to hydrolysis) is 1. The quantitative estimate of drug-likeness (QED) is 0.117. The average molecular weight is 649 g/mol. The van der Waals surface area contributed by atoms with Crippen LogP contribution in [0.1, 0.15) is 43.4 Å². The van der Waals surface area contributed by atoms with Crippen LogP contribution in [0.15, 0.2) is 78.9 Å². The molecule has 0 saturated heterocycles. The zero-order valence-corrected chi connectivity index (χ0v) is 26.3. The summed E-state index contributed by atoms with van der Waals surface area (Å²) in [5.41, 5.74) is -3.70. The van der Waals surface area contributed by atoms with Gasteiger partial charge in [0.25, 0.3) is 0 Å². The van der Waals surface area contributed by atoms with E-state index in [-0.39, 0.29) is 26.0 Å². The molecule has 0 aromatic heterocycles. The highest BCUT2D eigenvalue weighted by Gasteiger charge is 2.53. The van der Waals surface area contributed by atoms with Gasteiger partial charge in [0.2, 0.25) is 5.91 Å². The van der Waals surface area contributed by atoms with E-state index in [0.717, 1.165) is 17.7 Å². The molecule has 0 spiro atoms. The molecule has 244 valence electrons. The van der Waals surface area contributed by atoms with Crippen molar-refractivity contribution in [3.63, 3.8) is 0 Å². The summed E-state index contributed by atoms with van der Waals surface area (Å²) >= 11 is 0. The molecule has 3 N–H and O–H groups in total. The molecule has 0 aliphatic heterocycles. The number of carbonyl (C=O) groups is 2. The second-order valence-corrected chi connectivity index (χ2v) is 12.0. The van der Waals surface area contributed by atoms with Gasteiger partial charge >= 0.3 is 19.4 Å². The molecule has 3 aromatic carbocycles. The normalized spacial score (nSPS) is 14.0. The zero-order chi connectivity index (χ0) is 32.9. The lowest BCUT2D eigenvalue weighted by Gasteiger charge is -2.25. The molecule has 3 atom stereocenters. The van der Waals surface area contributed by atoms with Crippen LogP contribution in [0.2, 0.25) is 0 Å². The molecule has 10 nitrogen and oxygen atoms in total. The zero-order valence-electron chi connectivity index (χ0n) is 25.4. The molecular formula is C32H39F2N2O8P. The number of amides is 2. The molecule has 0 fully saturated rings. The van der Waals surface area contributed by atoms with Crippen LogP contribution < -0.4 is 20.1 Å². The van der Waals surface area contributed by atoms with E-state index in [4.69, 9.17) is 18.7 Å². The summed E-state index contributed by atoms with van der Waals surface area (Å²) in [6.45, 7) is 3.60. The molecule has 0 bridgehead atoms. The van der Waals surface area contributed by atoms with Crippen molar-refractivity contribution in [3.05, 3.63) is 95.6 Å². The van der Waals surface area contributed by atoms with Crippen molar-refractivity contribution in [2.75, 3.05) is 20.3 Å². The van der Waals surface area contributed by atoms with Crippen molar-refractivity contribution in [2.45, 2.75) is 57.5 Å². The smallest absolute Gasteiger partial charge is 0.408 e. The summed E-state index contributed by atoms with van der Waals surface area (Å²) in [4.78, 5) is 35.7. The summed E-state index contributed by atoms with van der Waals surface area (Å²) in [7, 11) is -3.76. The molecule has 0 aliphatic carbocycles. The Morgan fingerprint density at radius 1 is 0.956 bits per heavy atom. The van der Waals surface area contributed by atoms with Crippen LogP contribution in [-0.4, -0.2) is 49.3 Å². The van der Waals surface area contributed by atoms with E-state index in [1.165, 1.54) is 19.1 Å². The van der Waals surface area contributed by atoms with Crippen LogP contribution in [0.25, 0.3) is 0 Å². The molecule has 3 unspecified atom stereocenters. The van der Waals surface area contributed by atoms with Crippen LogP contribution in [0.5, 0.6) is 11.5 Å². The van der Waals surface area contributed by atoms with Crippen LogP contribution >= 0.6 is 7.60 Å². The van der Waals surface area contributed by atoms with Crippen LogP contribution in [0.3, 0.4) is 0 Å². The van der Waals surface area contributed by atoms with Gasteiger partial charge in [0, 0.05) is 18.5 Å². The second-order valence-electron chi connectivity index (χ2n) is 10.2. The van der Waals surface area contributed by atoms with Crippen molar-refractivity contribution in [1.29, 1.82) is 0 Å². The van der Waals surface area contributed by atoms with Crippen molar-refractivity contribution in [1.82, 2.24) is 10.6 Å². The number of carbonyl (C=O) groups excluding carboxylic acids is 2. The molecular weight excluding hydrogens is 609 g/mol. The maximum atomic E-state index is 14.9. The third-order valence-electron chi connectivity index (χ3n) is 6.76. The highest BCUT2D eigenvalue weighted by molar-refractivity contribution is 7.53. The van der Waals surface area contributed by atoms with Gasteiger partial charge < -0.3 is 34.3 Å². The minimum atomic E-state index is -5.33. The monoisotopic (exact) mass is 648 g/mol. The molecule has 45 heavy (non-hydrogen) atoms. The lowest BCUT2D eigenvalue weighted by atomic mass is 10.0. The maximum absolute atomic E-state index is 14.9. The topological polar surface area (TPSA) is 132 Å². The van der Waals surface area contributed by atoms with E-state index >= 15 is 0 Å². The maximum Gasteiger partial charge on any atom is 0.408 e. The summed E-state index contributed by atoms with van der Waals surface area (Å²) < 4.78 is 63.0. The Morgan fingerprint density at radius 3 is 2.22 bits per heavy atom. The molecule has 13 heteroatoms. The molecule has 0 saturated carbocycles. The van der Waals surface area contributed by atoms with Crippen LogP contribution in [0.4, 0.5) is 13.6 Å². The number of benzene rings is 3. The predicted octanol–water partition coefficient (Wildman–Crippen LogP) is 6.17. The Labute approximate surface area is 261 Å². The number of nitrogens with one attached hydrogen (secondary N) is 2. The van der Waals surface area contributed by atoms with Gasteiger partial charge in [0.1, 0.15) is 24.1 Å². The van der Waals surface area contributed by atoms with Gasteiger partial charge in [-0.2, -0.15) is 8.78 Å². The predicted molar refractivity (Wildman–Crippen MR) is 164 cm³/mol. The minimum absolute atomic E-state index is 0.0204. The molecule has 2 amide bonds. The number of ether oxygens (including phenoxy) is 3. The van der Waals surface area contributed by atoms with Gasteiger partial charge in [0.05, 0.1) is 19.8 Å². The third-order valence-corrected chi connectivity index (χ3v) is 8.38. The first-order chi connectivity index (χ1) is 21.4. The van der Waals surface area contributed by atoms with E-state index in [2.05, 4.69) is 10.6 Å². The highest BCUT2D eigenvalue weighted by atomic mass is 31.2. The first kappa shape index (κ1) is 35.5. The molecule has 3 rings (SSSR count). The molecule has 0 heterocycles. The summed E-state index contributed by atoms with van der Waals surface area (Å²) in [6.07, 6.45) is -1.01. The Bertz CT molecular complexity index is 1410. The van der Waals surface area contributed by atoms with Gasteiger partial charge in [-0.05, 0) is 55.2 Å². The van der Waals surface area contributed by atoms with Gasteiger partial charge in [-0.15, -0.1) is 0 Å². The van der Waals surface area contributed by atoms with Crippen molar-refractivity contribution < 1.29 is 46.6 Å². The first-order valence-corrected chi connectivity index (χ1v) is 16.0. The summed E-state index contributed by atoms with van der Waals surface area (Å²) in [5, 5.41) is 5.29. The van der Waals surface area contributed by atoms with E-state index < -0.39 is 43.0 Å². The number of alkyl halides is 2. The van der Waals surface area contributed by atoms with Crippen molar-refractivity contribution >= 4 is 19.6 Å². The Morgan fingerprint density at radius 2 is 1.60 bits per heavy atom. The fourth-order valence-corrected chi connectivity index (χ4v) is 5.25. The van der Waals surface area contributed by atoms with Gasteiger partial charge in [-0.3, -0.25) is 9.36 Å². The Hall–Kier alpha value is -3.99. The van der Waals surface area contributed by atoms with Gasteiger partial charge in [0.15, 0.2) is 0 Å². The number of halogens is 2. The van der Waals surface area contributed by atoms with E-state index in [9.17, 15) is 27.8 Å². The highest BCUT2D eigenvalue weighted by Crippen LogP contribution is 2.63. The van der Waals surface area contributed by atoms with Crippen molar-refractivity contribution in [2.24, 2.45) is 0 Å². The lowest BCUT2D eigenvalue weighted by Crippen LogP contribution is -2.48. The fraction of sp³-hybridized carbons (Fsp3) is 0.375. The lowest BCUT2D eigenvalue weighted by molar-refractivity contribution is -0.123. The Kier molecular flexibility index (Phi) is 13.3. The molecule has 3 aromatic rings. The van der Waals surface area contributed by atoms with Gasteiger partial charge in [-0.1, -0.05) is 61.5 Å². The van der Waals surface area contributed by atoms with E-state index in [0.29, 0.717) is 30.1 Å². The van der Waals surface area contributed by atoms with Crippen LogP contribution in [-0.2, 0) is 37.3 Å². The number of hydrogen-bond acceptors (Lipinski definition) is 7. The van der Waals surface area contributed by atoms with E-state index in [1.54, 1.807) is 62.6 Å². The molecule has 0 aliphatic rings. The summed E-state index contributed by atoms with van der Waals surface area (Å²) in [6, 6.07) is 19.5. The standard InChI is InChI=1S/C32H39F2N2O8P/c1-4-23(2)44-45(39,40)32(33,34)26-13-11-24(12-14-26)21-29(36-31(38)43-22-25-9-6-5-7-10-25)30(37)35-19-8-20-42-28-17-15-27(41-3)16-18-28/h5-7,9-18,23,29H,4,8,19-22H2,1-3H3,(H,35,37)(H,36,38)(H,39,40). The van der Waals surface area contributed by atoms with Gasteiger partial charge in [-0.25, -0.2) is 4.79 Å². The number of methoxy groups -OCH3 is 1. The SMILES string of the molecule is CCC(C)OP(=O)(O)C(F)(F)c1ccc(CC(NC(=O)OCc2ccccc2)C(=O)NCCCOc2ccc(OC)cc2)cc1. The largest absolute Gasteiger partial charge is 0.497 e. The second kappa shape index (κ2) is 16.9. The third kappa shape index (κ3) is 10.8. The van der Waals surface area contributed by atoms with Crippen LogP contribution in [0, 0.1) is 0 Å². The van der Waals surface area contributed by atoms with E-state index in [1.807, 2.05) is 6.07 Å². The average Bonchev–Trinajstić information content (AvgIpc) is 3.04. The molecule has 0 radical (unpaired) electrons. The summed E-state index contributed by atoms with van der Waals surface area (Å²) in [5.74, 6) is 0.816.